The predicted octanol–water partition coefficient (Wildman–Crippen LogP) is 3.31. The summed E-state index contributed by atoms with van der Waals surface area (Å²) in [6.45, 7) is 3.99. The van der Waals surface area contributed by atoms with Gasteiger partial charge in [-0.25, -0.2) is 13.1 Å². The molecule has 0 spiro atoms. The van der Waals surface area contributed by atoms with Gasteiger partial charge < -0.3 is 0 Å². The molecular formula is C12H18BrNO2S. The molecule has 0 bridgehead atoms. The second-order valence-corrected chi connectivity index (χ2v) is 6.63. The lowest BCUT2D eigenvalue weighted by atomic mass is 10.2. The van der Waals surface area contributed by atoms with Crippen molar-refractivity contribution in [3.8, 4) is 0 Å². The number of hydrogen-bond donors (Lipinski definition) is 1. The van der Waals surface area contributed by atoms with Gasteiger partial charge in [0.15, 0.2) is 0 Å². The fourth-order valence-corrected chi connectivity index (χ4v) is 3.84. The molecule has 1 aromatic carbocycles. The number of halogens is 1. The summed E-state index contributed by atoms with van der Waals surface area (Å²) in [5, 5.41) is 0. The molecule has 0 aliphatic heterocycles. The molecule has 0 aliphatic rings. The van der Waals surface area contributed by atoms with Gasteiger partial charge in [-0.3, -0.25) is 0 Å². The van der Waals surface area contributed by atoms with E-state index in [9.17, 15) is 8.42 Å². The smallest absolute Gasteiger partial charge is 0.208 e. The molecule has 1 aromatic rings. The van der Waals surface area contributed by atoms with Crippen molar-refractivity contribution in [1.82, 2.24) is 4.72 Å². The van der Waals surface area contributed by atoms with Gasteiger partial charge in [0.05, 0.1) is 4.90 Å². The van der Waals surface area contributed by atoms with Crippen LogP contribution in [0.15, 0.2) is 33.6 Å². The number of benzene rings is 1. The molecule has 1 N–H and O–H groups in total. The van der Waals surface area contributed by atoms with Gasteiger partial charge in [0.2, 0.25) is 10.0 Å². The molecule has 0 saturated carbocycles. The topological polar surface area (TPSA) is 46.2 Å². The van der Waals surface area contributed by atoms with Gasteiger partial charge in [0.25, 0.3) is 0 Å². The molecule has 0 amide bonds. The molecule has 96 valence electrons. The minimum absolute atomic E-state index is 0.0351. The Morgan fingerprint density at radius 2 is 2.00 bits per heavy atom. The third kappa shape index (κ3) is 4.41. The molecule has 0 aliphatic carbocycles. The lowest BCUT2D eigenvalue weighted by molar-refractivity contribution is 0.534. The fourth-order valence-electron chi connectivity index (χ4n) is 1.56. The molecule has 0 fully saturated rings. The van der Waals surface area contributed by atoms with E-state index in [4.69, 9.17) is 0 Å². The van der Waals surface area contributed by atoms with Crippen LogP contribution >= 0.6 is 15.9 Å². The monoisotopic (exact) mass is 319 g/mol. The molecule has 0 aromatic heterocycles. The molecule has 1 atom stereocenters. The maximum atomic E-state index is 12.1. The summed E-state index contributed by atoms with van der Waals surface area (Å²) in [4.78, 5) is 0.295. The first-order chi connectivity index (χ1) is 7.97. The lowest BCUT2D eigenvalue weighted by Gasteiger charge is -2.14. The Kier molecular flexibility index (Phi) is 5.62. The molecular weight excluding hydrogens is 302 g/mol. The van der Waals surface area contributed by atoms with Crippen LogP contribution in [0.1, 0.15) is 33.1 Å². The number of nitrogens with one attached hydrogen (secondary N) is 1. The maximum Gasteiger partial charge on any atom is 0.241 e. The number of rotatable bonds is 6. The third-order valence-electron chi connectivity index (χ3n) is 2.47. The Morgan fingerprint density at radius 3 is 2.59 bits per heavy atom. The highest BCUT2D eigenvalue weighted by Crippen LogP contribution is 2.21. The summed E-state index contributed by atoms with van der Waals surface area (Å²) >= 11 is 3.26. The Hall–Kier alpha value is -0.390. The van der Waals surface area contributed by atoms with Crippen molar-refractivity contribution in [1.29, 1.82) is 0 Å². The van der Waals surface area contributed by atoms with Crippen molar-refractivity contribution < 1.29 is 8.42 Å². The highest BCUT2D eigenvalue weighted by atomic mass is 79.9. The van der Waals surface area contributed by atoms with Gasteiger partial charge in [0, 0.05) is 10.5 Å². The maximum absolute atomic E-state index is 12.1. The summed E-state index contributed by atoms with van der Waals surface area (Å²) in [6.07, 6.45) is 2.96. The summed E-state index contributed by atoms with van der Waals surface area (Å²) in [6, 6.07) is 6.80. The van der Waals surface area contributed by atoms with Crippen LogP contribution in [-0.2, 0) is 10.0 Å². The van der Waals surface area contributed by atoms with Crippen LogP contribution in [0.2, 0.25) is 0 Å². The second kappa shape index (κ2) is 6.52. The van der Waals surface area contributed by atoms with Crippen molar-refractivity contribution in [3.05, 3.63) is 28.7 Å². The normalized spacial score (nSPS) is 13.6. The van der Waals surface area contributed by atoms with Gasteiger partial charge in [0.1, 0.15) is 0 Å². The molecule has 0 radical (unpaired) electrons. The van der Waals surface area contributed by atoms with E-state index in [1.165, 1.54) is 0 Å². The third-order valence-corrected chi connectivity index (χ3v) is 5.07. The van der Waals surface area contributed by atoms with E-state index in [-0.39, 0.29) is 6.04 Å². The van der Waals surface area contributed by atoms with E-state index >= 15 is 0 Å². The van der Waals surface area contributed by atoms with Crippen LogP contribution in [0.5, 0.6) is 0 Å². The molecule has 1 unspecified atom stereocenters. The summed E-state index contributed by atoms with van der Waals surface area (Å²) in [5.74, 6) is 0. The van der Waals surface area contributed by atoms with Gasteiger partial charge in [-0.2, -0.15) is 0 Å². The fraction of sp³-hybridized carbons (Fsp3) is 0.500. The van der Waals surface area contributed by atoms with Crippen molar-refractivity contribution >= 4 is 26.0 Å². The largest absolute Gasteiger partial charge is 0.241 e. The molecule has 0 saturated heterocycles. The van der Waals surface area contributed by atoms with Gasteiger partial charge >= 0.3 is 0 Å². The predicted molar refractivity (Wildman–Crippen MR) is 73.5 cm³/mol. The van der Waals surface area contributed by atoms with Crippen molar-refractivity contribution in [2.75, 3.05) is 0 Å². The Labute approximate surface area is 112 Å². The lowest BCUT2D eigenvalue weighted by Crippen LogP contribution is -2.32. The highest BCUT2D eigenvalue weighted by molar-refractivity contribution is 9.10. The van der Waals surface area contributed by atoms with Crippen LogP contribution in [0.4, 0.5) is 0 Å². The number of unbranched alkanes of at least 4 members (excludes halogenated alkanes) is 1. The summed E-state index contributed by atoms with van der Waals surface area (Å²) in [5.41, 5.74) is 0. The summed E-state index contributed by atoms with van der Waals surface area (Å²) in [7, 11) is -3.42. The second-order valence-electron chi connectivity index (χ2n) is 4.09. The van der Waals surface area contributed by atoms with Crippen molar-refractivity contribution in [3.63, 3.8) is 0 Å². The Bertz CT molecular complexity index is 459. The average Bonchev–Trinajstić information content (AvgIpc) is 2.26. The quantitative estimate of drug-likeness (QED) is 0.874. The Morgan fingerprint density at radius 1 is 1.35 bits per heavy atom. The van der Waals surface area contributed by atoms with E-state index in [1.54, 1.807) is 24.3 Å². The Balaban J connectivity index is 2.79. The minimum Gasteiger partial charge on any atom is -0.208 e. The molecule has 17 heavy (non-hydrogen) atoms. The zero-order chi connectivity index (χ0) is 12.9. The van der Waals surface area contributed by atoms with Gasteiger partial charge in [-0.05, 0) is 41.4 Å². The first kappa shape index (κ1) is 14.7. The zero-order valence-corrected chi connectivity index (χ0v) is 12.5. The van der Waals surface area contributed by atoms with Crippen LogP contribution < -0.4 is 4.72 Å². The van der Waals surface area contributed by atoms with E-state index in [1.807, 2.05) is 6.92 Å². The van der Waals surface area contributed by atoms with E-state index in [0.29, 0.717) is 9.37 Å². The molecule has 1 rings (SSSR count). The van der Waals surface area contributed by atoms with Crippen molar-refractivity contribution in [2.45, 2.75) is 44.0 Å². The van der Waals surface area contributed by atoms with Crippen LogP contribution in [0, 0.1) is 0 Å². The molecule has 0 heterocycles. The molecule has 3 nitrogen and oxygen atoms in total. The highest BCUT2D eigenvalue weighted by Gasteiger charge is 2.19. The minimum atomic E-state index is -3.42. The number of sulfonamides is 1. The standard InChI is InChI=1S/C12H18BrNO2S/c1-3-4-7-10(2)14-17(15,16)12-9-6-5-8-11(12)13/h5-6,8-10,14H,3-4,7H2,1-2H3. The van der Waals surface area contributed by atoms with Crippen LogP contribution in [-0.4, -0.2) is 14.5 Å². The van der Waals surface area contributed by atoms with Gasteiger partial charge in [-0.15, -0.1) is 0 Å². The molecule has 5 heteroatoms. The first-order valence-corrected chi connectivity index (χ1v) is 8.02. The van der Waals surface area contributed by atoms with Crippen molar-refractivity contribution in [2.24, 2.45) is 0 Å². The van der Waals surface area contributed by atoms with E-state index in [0.717, 1.165) is 19.3 Å². The average molecular weight is 320 g/mol. The van der Waals surface area contributed by atoms with Gasteiger partial charge in [-0.1, -0.05) is 31.9 Å². The van der Waals surface area contributed by atoms with E-state index in [2.05, 4.69) is 27.6 Å². The first-order valence-electron chi connectivity index (χ1n) is 5.74. The van der Waals surface area contributed by atoms with E-state index < -0.39 is 10.0 Å². The summed E-state index contributed by atoms with van der Waals surface area (Å²) < 4.78 is 27.5. The van der Waals surface area contributed by atoms with Crippen LogP contribution in [0.25, 0.3) is 0 Å². The number of hydrogen-bond acceptors (Lipinski definition) is 2. The zero-order valence-electron chi connectivity index (χ0n) is 10.1. The SMILES string of the molecule is CCCCC(C)NS(=O)(=O)c1ccccc1Br. The van der Waals surface area contributed by atoms with Crippen LogP contribution in [0.3, 0.4) is 0 Å².